The zero-order valence-electron chi connectivity index (χ0n) is 19.9. The summed E-state index contributed by atoms with van der Waals surface area (Å²) < 4.78 is 7.51. The zero-order valence-corrected chi connectivity index (χ0v) is 19.9. The summed E-state index contributed by atoms with van der Waals surface area (Å²) in [6, 6.07) is 7.99. The number of carbonyl (C=O) groups is 1. The maximum Gasteiger partial charge on any atom is 0.247 e. The number of amides is 1. The van der Waals surface area contributed by atoms with Crippen molar-refractivity contribution in [3.63, 3.8) is 0 Å². The van der Waals surface area contributed by atoms with Crippen molar-refractivity contribution in [3.05, 3.63) is 78.6 Å². The first-order chi connectivity index (χ1) is 16.9. The SMILES string of the molecule is C=CC(=O)Nc1cc(-c2c(-c3cnn(C)c3)[nH]c3ncc(CO/C(C=NC)=C/N)cc23)ccc1C. The molecule has 0 aliphatic carbocycles. The summed E-state index contributed by atoms with van der Waals surface area (Å²) in [5, 5.41) is 8.13. The van der Waals surface area contributed by atoms with Crippen LogP contribution in [0.4, 0.5) is 5.69 Å². The molecule has 1 amide bonds. The Kier molecular flexibility index (Phi) is 6.77. The Morgan fingerprint density at radius 1 is 1.31 bits per heavy atom. The molecule has 178 valence electrons. The first kappa shape index (κ1) is 23.5. The molecule has 0 spiro atoms. The molecule has 0 aliphatic rings. The Bertz CT molecular complexity index is 1460. The van der Waals surface area contributed by atoms with E-state index in [2.05, 4.69) is 32.0 Å². The molecule has 0 aliphatic heterocycles. The lowest BCUT2D eigenvalue weighted by atomic mass is 9.98. The molecule has 4 aromatic rings. The molecule has 35 heavy (non-hydrogen) atoms. The van der Waals surface area contributed by atoms with Gasteiger partial charge in [0.05, 0.1) is 18.1 Å². The van der Waals surface area contributed by atoms with Crippen molar-refractivity contribution in [1.82, 2.24) is 19.7 Å². The third kappa shape index (κ3) is 4.98. The van der Waals surface area contributed by atoms with E-state index >= 15 is 0 Å². The van der Waals surface area contributed by atoms with E-state index in [4.69, 9.17) is 10.5 Å². The van der Waals surface area contributed by atoms with Crippen molar-refractivity contribution in [3.8, 4) is 22.4 Å². The van der Waals surface area contributed by atoms with Gasteiger partial charge in [0, 0.05) is 60.5 Å². The van der Waals surface area contributed by atoms with Crippen molar-refractivity contribution < 1.29 is 9.53 Å². The molecule has 0 radical (unpaired) electrons. The van der Waals surface area contributed by atoms with Gasteiger partial charge in [-0.1, -0.05) is 18.7 Å². The largest absolute Gasteiger partial charge is 0.486 e. The smallest absolute Gasteiger partial charge is 0.247 e. The van der Waals surface area contributed by atoms with Crippen LogP contribution in [-0.4, -0.2) is 38.9 Å². The van der Waals surface area contributed by atoms with Gasteiger partial charge >= 0.3 is 0 Å². The predicted octanol–water partition coefficient (Wildman–Crippen LogP) is 4.08. The number of anilines is 1. The summed E-state index contributed by atoms with van der Waals surface area (Å²) in [6.07, 6.45) is 9.68. The van der Waals surface area contributed by atoms with Gasteiger partial charge in [0.2, 0.25) is 5.91 Å². The summed E-state index contributed by atoms with van der Waals surface area (Å²) in [7, 11) is 3.52. The van der Waals surface area contributed by atoms with Crippen molar-refractivity contribution in [2.45, 2.75) is 13.5 Å². The number of carbonyl (C=O) groups excluding carboxylic acids is 1. The molecule has 0 atom stereocenters. The molecular formula is C26H27N7O2. The molecule has 0 unspecified atom stereocenters. The number of allylic oxidation sites excluding steroid dienone is 1. The minimum Gasteiger partial charge on any atom is -0.486 e. The van der Waals surface area contributed by atoms with Crippen LogP contribution in [0.15, 0.2) is 72.5 Å². The van der Waals surface area contributed by atoms with E-state index in [1.54, 1.807) is 30.3 Å². The van der Waals surface area contributed by atoms with Crippen LogP contribution in [0.25, 0.3) is 33.4 Å². The number of hydrogen-bond acceptors (Lipinski definition) is 6. The van der Waals surface area contributed by atoms with Crippen LogP contribution in [0.3, 0.4) is 0 Å². The molecule has 9 heteroatoms. The Labute approximate surface area is 203 Å². The van der Waals surface area contributed by atoms with Gasteiger partial charge in [-0.15, -0.1) is 0 Å². The van der Waals surface area contributed by atoms with Gasteiger partial charge in [-0.3, -0.25) is 14.5 Å². The quantitative estimate of drug-likeness (QED) is 0.204. The van der Waals surface area contributed by atoms with Gasteiger partial charge in [-0.25, -0.2) is 4.98 Å². The number of aryl methyl sites for hydroxylation is 2. The fraction of sp³-hybridized carbons (Fsp3) is 0.154. The average Bonchev–Trinajstić information content (AvgIpc) is 3.46. The van der Waals surface area contributed by atoms with Crippen molar-refractivity contribution in [2.24, 2.45) is 17.8 Å². The van der Waals surface area contributed by atoms with Gasteiger partial charge in [0.25, 0.3) is 0 Å². The highest BCUT2D eigenvalue weighted by Crippen LogP contribution is 2.39. The molecule has 4 N–H and O–H groups in total. The van der Waals surface area contributed by atoms with Crippen LogP contribution in [0, 0.1) is 6.92 Å². The molecule has 4 rings (SSSR count). The van der Waals surface area contributed by atoms with E-state index in [1.165, 1.54) is 12.3 Å². The van der Waals surface area contributed by atoms with E-state index < -0.39 is 0 Å². The highest BCUT2D eigenvalue weighted by Gasteiger charge is 2.19. The highest BCUT2D eigenvalue weighted by atomic mass is 16.5. The lowest BCUT2D eigenvalue weighted by Gasteiger charge is -2.11. The molecule has 0 saturated carbocycles. The third-order valence-electron chi connectivity index (χ3n) is 5.50. The van der Waals surface area contributed by atoms with Crippen LogP contribution in [0.2, 0.25) is 0 Å². The summed E-state index contributed by atoms with van der Waals surface area (Å²) >= 11 is 0. The monoisotopic (exact) mass is 469 g/mol. The van der Waals surface area contributed by atoms with E-state index in [9.17, 15) is 4.79 Å². The van der Waals surface area contributed by atoms with Gasteiger partial charge in [-0.2, -0.15) is 5.10 Å². The third-order valence-corrected chi connectivity index (χ3v) is 5.50. The lowest BCUT2D eigenvalue weighted by Crippen LogP contribution is -2.08. The van der Waals surface area contributed by atoms with Crippen LogP contribution in [-0.2, 0) is 23.2 Å². The summed E-state index contributed by atoms with van der Waals surface area (Å²) in [6.45, 7) is 5.77. The molecule has 3 aromatic heterocycles. The van der Waals surface area contributed by atoms with E-state index in [-0.39, 0.29) is 12.5 Å². The van der Waals surface area contributed by atoms with E-state index in [0.717, 1.165) is 44.5 Å². The Morgan fingerprint density at radius 3 is 2.83 bits per heavy atom. The molecule has 3 heterocycles. The maximum atomic E-state index is 12.0. The summed E-state index contributed by atoms with van der Waals surface area (Å²) in [5.41, 5.74) is 12.5. The number of rotatable bonds is 8. The van der Waals surface area contributed by atoms with E-state index in [0.29, 0.717) is 11.4 Å². The minimum absolute atomic E-state index is 0.267. The number of nitrogens with one attached hydrogen (secondary N) is 2. The second kappa shape index (κ2) is 10.1. The molecule has 0 bridgehead atoms. The number of ether oxygens (including phenoxy) is 1. The van der Waals surface area contributed by atoms with Gasteiger partial charge in [0.15, 0.2) is 5.76 Å². The normalized spacial score (nSPS) is 11.8. The van der Waals surface area contributed by atoms with Crippen molar-refractivity contribution >= 4 is 28.8 Å². The summed E-state index contributed by atoms with van der Waals surface area (Å²) in [4.78, 5) is 24.0. The van der Waals surface area contributed by atoms with Gasteiger partial charge < -0.3 is 20.8 Å². The minimum atomic E-state index is -0.267. The number of nitrogens with two attached hydrogens (primary N) is 1. The van der Waals surface area contributed by atoms with Crippen LogP contribution in [0.5, 0.6) is 0 Å². The Balaban J connectivity index is 1.85. The Hall–Kier alpha value is -4.66. The number of nitrogens with zero attached hydrogens (tertiary/aromatic N) is 4. The number of aromatic amines is 1. The summed E-state index contributed by atoms with van der Waals surface area (Å²) in [5.74, 6) is 0.205. The van der Waals surface area contributed by atoms with Crippen molar-refractivity contribution in [2.75, 3.05) is 12.4 Å². The number of hydrogen-bond donors (Lipinski definition) is 3. The zero-order chi connectivity index (χ0) is 24.9. The van der Waals surface area contributed by atoms with Crippen LogP contribution in [0.1, 0.15) is 11.1 Å². The molecule has 9 nitrogen and oxygen atoms in total. The molecular weight excluding hydrogens is 442 g/mol. The lowest BCUT2D eigenvalue weighted by molar-refractivity contribution is -0.111. The molecule has 0 fully saturated rings. The predicted molar refractivity (Wildman–Crippen MR) is 139 cm³/mol. The number of pyridine rings is 1. The number of aromatic nitrogens is 4. The maximum absolute atomic E-state index is 12.0. The van der Waals surface area contributed by atoms with Crippen LogP contribution >= 0.6 is 0 Å². The standard InChI is InChI=1S/C26H27N7O2/c1-5-23(34)31-22-9-18(7-6-16(22)2)24-21-8-17(15-35-20(10-27)13-28-3)11-29-26(21)32-25(24)19-12-30-33(4)14-19/h5-14H,1,15,27H2,2-4H3,(H,29,32)(H,31,34)/b20-10+,28-13?. The number of H-pyrrole nitrogens is 1. The highest BCUT2D eigenvalue weighted by molar-refractivity contribution is 6.04. The number of aliphatic imine (C=N–C) groups is 1. The number of fused-ring (bicyclic) bond motifs is 1. The Morgan fingerprint density at radius 2 is 2.14 bits per heavy atom. The fourth-order valence-corrected chi connectivity index (χ4v) is 3.78. The second-order valence-corrected chi connectivity index (χ2v) is 7.99. The second-order valence-electron chi connectivity index (χ2n) is 7.99. The van der Waals surface area contributed by atoms with Gasteiger partial charge in [-0.05, 0) is 36.3 Å². The van der Waals surface area contributed by atoms with E-state index in [1.807, 2.05) is 44.4 Å². The fourth-order valence-electron chi connectivity index (χ4n) is 3.78. The molecule has 1 aromatic carbocycles. The number of benzene rings is 1. The topological polar surface area (TPSA) is 123 Å². The van der Waals surface area contributed by atoms with Crippen molar-refractivity contribution in [1.29, 1.82) is 0 Å². The molecule has 0 saturated heterocycles. The first-order valence-corrected chi connectivity index (χ1v) is 10.9. The van der Waals surface area contributed by atoms with Gasteiger partial charge in [0.1, 0.15) is 12.3 Å². The average molecular weight is 470 g/mol. The first-order valence-electron chi connectivity index (χ1n) is 10.9. The van der Waals surface area contributed by atoms with Crippen LogP contribution < -0.4 is 11.1 Å².